The molecule has 3 N–H and O–H groups in total. The van der Waals surface area contributed by atoms with Gasteiger partial charge in [0, 0.05) is 45.8 Å². The Morgan fingerprint density at radius 1 is 0.782 bits per heavy atom. The summed E-state index contributed by atoms with van der Waals surface area (Å²) in [6, 6.07) is 12.5. The smallest absolute Gasteiger partial charge is 0.378 e. The summed E-state index contributed by atoms with van der Waals surface area (Å²) in [6.45, 7) is 5.77. The molecule has 5 rings (SSSR count). The Labute approximate surface area is 313 Å². The Morgan fingerprint density at radius 2 is 1.36 bits per heavy atom. The Kier molecular flexibility index (Phi) is 13.0. The highest BCUT2D eigenvalue weighted by Gasteiger charge is 2.45. The predicted molar refractivity (Wildman–Crippen MR) is 186 cm³/mol. The quantitative estimate of drug-likeness (QED) is 0.150. The van der Waals surface area contributed by atoms with Crippen molar-refractivity contribution in [3.05, 3.63) is 106 Å². The molecule has 304 valence electrons. The number of hydrazine groups is 3. The van der Waals surface area contributed by atoms with Crippen molar-refractivity contribution in [1.82, 2.24) is 31.3 Å². The van der Waals surface area contributed by atoms with Crippen LogP contribution in [-0.4, -0.2) is 59.9 Å². The molecule has 7 nitrogen and oxygen atoms in total. The van der Waals surface area contributed by atoms with Crippen molar-refractivity contribution in [2.24, 2.45) is 5.92 Å². The molecule has 2 saturated heterocycles. The lowest BCUT2D eigenvalue weighted by Crippen LogP contribution is -2.63. The van der Waals surface area contributed by atoms with Crippen molar-refractivity contribution < 1.29 is 48.6 Å². The molecule has 0 radical (unpaired) electrons. The standard InChI is InChI=1S/C38H46F10N6O/c1-5-55-24-34(39)16-18-53(19-17-34)33(25(2)3)30-15-14-29(36(40,41)42)20-28(30)22-49-35(21-26-10-6-8-12-31(26)37(43,44)45)50-52(4)54(51-35)23-27-11-7-9-13-32(27)38(46,47)48/h6-15,20,25,33,49-51H,5,16-19,21-24H2,1-4H3/t33-,35?/m1/s1. The van der Waals surface area contributed by atoms with Gasteiger partial charge in [0.15, 0.2) is 5.79 Å². The molecule has 3 aromatic carbocycles. The molecule has 3 aromatic rings. The minimum Gasteiger partial charge on any atom is -0.378 e. The van der Waals surface area contributed by atoms with Gasteiger partial charge in [0.2, 0.25) is 0 Å². The van der Waals surface area contributed by atoms with Gasteiger partial charge in [-0.05, 0) is 72.2 Å². The Bertz CT molecular complexity index is 1740. The molecule has 2 atom stereocenters. The normalized spacial score (nSPS) is 21.1. The molecule has 17 heteroatoms. The van der Waals surface area contributed by atoms with Crippen LogP contribution in [0.2, 0.25) is 0 Å². The van der Waals surface area contributed by atoms with Crippen LogP contribution in [0.25, 0.3) is 0 Å². The highest BCUT2D eigenvalue weighted by atomic mass is 19.4. The molecule has 2 fully saturated rings. The van der Waals surface area contributed by atoms with Crippen molar-refractivity contribution in [3.63, 3.8) is 0 Å². The molecule has 0 aromatic heterocycles. The van der Waals surface area contributed by atoms with E-state index in [9.17, 15) is 39.5 Å². The second-order valence-electron chi connectivity index (χ2n) is 14.5. The number of benzene rings is 3. The van der Waals surface area contributed by atoms with Crippen LogP contribution < -0.4 is 16.2 Å². The first kappa shape index (κ1) is 42.8. The van der Waals surface area contributed by atoms with Gasteiger partial charge in [-0.3, -0.25) is 10.2 Å². The maximum absolute atomic E-state index is 15.5. The van der Waals surface area contributed by atoms with Crippen LogP contribution in [0, 0.1) is 5.92 Å². The number of likely N-dealkylation sites (tertiary alicyclic amines) is 1. The number of nitrogens with one attached hydrogen (secondary N) is 3. The molecular weight excluding hydrogens is 746 g/mol. The zero-order valence-corrected chi connectivity index (χ0v) is 30.9. The average Bonchev–Trinajstić information content (AvgIpc) is 3.40. The summed E-state index contributed by atoms with van der Waals surface area (Å²) in [5.74, 6) is -1.90. The van der Waals surface area contributed by atoms with Crippen molar-refractivity contribution >= 4 is 0 Å². The Balaban J connectivity index is 1.52. The van der Waals surface area contributed by atoms with E-state index in [0.29, 0.717) is 25.3 Å². The number of halogens is 10. The molecule has 0 spiro atoms. The second kappa shape index (κ2) is 16.6. The molecular formula is C38H46F10N6O. The van der Waals surface area contributed by atoms with Gasteiger partial charge in [-0.1, -0.05) is 56.3 Å². The fourth-order valence-corrected chi connectivity index (χ4v) is 7.44. The topological polar surface area (TPSA) is 55.0 Å². The zero-order valence-electron chi connectivity index (χ0n) is 30.9. The van der Waals surface area contributed by atoms with Crippen LogP contribution >= 0.6 is 0 Å². The van der Waals surface area contributed by atoms with E-state index in [1.807, 2.05) is 18.7 Å². The van der Waals surface area contributed by atoms with Gasteiger partial charge in [-0.2, -0.15) is 49.7 Å². The zero-order chi connectivity index (χ0) is 40.4. The van der Waals surface area contributed by atoms with Crippen molar-refractivity contribution in [2.75, 3.05) is 33.4 Å². The van der Waals surface area contributed by atoms with Crippen LogP contribution in [-0.2, 0) is 42.8 Å². The van der Waals surface area contributed by atoms with Gasteiger partial charge in [0.1, 0.15) is 5.67 Å². The summed E-state index contributed by atoms with van der Waals surface area (Å²) < 4.78 is 148. The molecule has 2 heterocycles. The van der Waals surface area contributed by atoms with E-state index >= 15 is 4.39 Å². The number of nitrogens with zero attached hydrogens (tertiary/aromatic N) is 3. The Morgan fingerprint density at radius 3 is 1.93 bits per heavy atom. The number of alkyl halides is 10. The van der Waals surface area contributed by atoms with E-state index < -0.39 is 59.1 Å². The maximum Gasteiger partial charge on any atom is 0.416 e. The number of piperidine rings is 1. The predicted octanol–water partition coefficient (Wildman–Crippen LogP) is 8.64. The van der Waals surface area contributed by atoms with Crippen LogP contribution in [0.1, 0.15) is 78.6 Å². The third-order valence-electron chi connectivity index (χ3n) is 10.1. The summed E-state index contributed by atoms with van der Waals surface area (Å²) in [4.78, 5) is 2.02. The first-order valence-corrected chi connectivity index (χ1v) is 18.0. The molecule has 1 unspecified atom stereocenters. The van der Waals surface area contributed by atoms with Crippen molar-refractivity contribution in [1.29, 1.82) is 0 Å². The number of hydrogen-bond donors (Lipinski definition) is 3. The summed E-state index contributed by atoms with van der Waals surface area (Å²) in [5, 5.41) is 5.65. The number of rotatable bonds is 13. The molecule has 0 bridgehead atoms. The average molecular weight is 793 g/mol. The summed E-state index contributed by atoms with van der Waals surface area (Å²) in [7, 11) is 1.44. The Hall–Kier alpha value is -3.32. The van der Waals surface area contributed by atoms with Gasteiger partial charge in [0.05, 0.1) is 29.8 Å². The molecule has 0 saturated carbocycles. The lowest BCUT2D eigenvalue weighted by atomic mass is 9.86. The van der Waals surface area contributed by atoms with Gasteiger partial charge in [0.25, 0.3) is 0 Å². The first-order valence-electron chi connectivity index (χ1n) is 18.0. The maximum atomic E-state index is 15.5. The first-order chi connectivity index (χ1) is 25.6. The van der Waals surface area contributed by atoms with E-state index in [2.05, 4.69) is 16.2 Å². The van der Waals surface area contributed by atoms with Gasteiger partial charge in [-0.25, -0.2) is 15.2 Å². The molecule has 2 aliphatic heterocycles. The fourth-order valence-electron chi connectivity index (χ4n) is 7.44. The van der Waals surface area contributed by atoms with Crippen LogP contribution in [0.15, 0.2) is 66.7 Å². The molecule has 0 amide bonds. The second-order valence-corrected chi connectivity index (χ2v) is 14.5. The lowest BCUT2D eigenvalue weighted by Gasteiger charge is -2.42. The van der Waals surface area contributed by atoms with E-state index in [4.69, 9.17) is 4.74 Å². The number of ether oxygens (including phenoxy) is 1. The molecule has 55 heavy (non-hydrogen) atoms. The molecule has 0 aliphatic carbocycles. The van der Waals surface area contributed by atoms with Crippen molar-refractivity contribution in [2.45, 2.75) is 89.1 Å². The van der Waals surface area contributed by atoms with Crippen LogP contribution in [0.3, 0.4) is 0 Å². The summed E-state index contributed by atoms with van der Waals surface area (Å²) in [5.41, 5.74) is 2.02. The van der Waals surface area contributed by atoms with Gasteiger partial charge >= 0.3 is 18.5 Å². The number of hydrogen-bond acceptors (Lipinski definition) is 7. The SMILES string of the molecule is CCOCC1(F)CCN([C@@H](c2ccc(C(F)(F)F)cc2CNC2(Cc3ccccc3C(F)(F)F)NN(C)N(Cc3ccccc3C(F)(F)F)N2)C(C)C)CC1. The summed E-state index contributed by atoms with van der Waals surface area (Å²) in [6.07, 6.45) is -14.3. The largest absolute Gasteiger partial charge is 0.416 e. The van der Waals surface area contributed by atoms with Crippen molar-refractivity contribution in [3.8, 4) is 0 Å². The monoisotopic (exact) mass is 792 g/mol. The van der Waals surface area contributed by atoms with E-state index in [0.717, 1.165) is 24.3 Å². The highest BCUT2D eigenvalue weighted by Crippen LogP contribution is 2.40. The van der Waals surface area contributed by atoms with E-state index in [1.165, 1.54) is 59.7 Å². The lowest BCUT2D eigenvalue weighted by molar-refractivity contribution is -0.139. The summed E-state index contributed by atoms with van der Waals surface area (Å²) >= 11 is 0. The van der Waals surface area contributed by atoms with Gasteiger partial charge < -0.3 is 4.74 Å². The van der Waals surface area contributed by atoms with E-state index in [1.54, 1.807) is 6.92 Å². The van der Waals surface area contributed by atoms with Crippen LogP contribution in [0.4, 0.5) is 43.9 Å². The third kappa shape index (κ3) is 10.4. The van der Waals surface area contributed by atoms with Gasteiger partial charge in [-0.15, -0.1) is 0 Å². The van der Waals surface area contributed by atoms with E-state index in [-0.39, 0.29) is 55.1 Å². The minimum atomic E-state index is -4.76. The minimum absolute atomic E-state index is 0.0636. The fraction of sp³-hybridized carbons (Fsp3) is 0.526. The highest BCUT2D eigenvalue weighted by molar-refractivity contribution is 5.37. The third-order valence-corrected chi connectivity index (χ3v) is 10.1. The molecule has 2 aliphatic rings. The van der Waals surface area contributed by atoms with Crippen LogP contribution in [0.5, 0.6) is 0 Å².